The van der Waals surface area contributed by atoms with Crippen LogP contribution >= 0.6 is 22.9 Å². The van der Waals surface area contributed by atoms with Crippen LogP contribution in [0.5, 0.6) is 0 Å². The summed E-state index contributed by atoms with van der Waals surface area (Å²) in [5.41, 5.74) is 2.32. The topological polar surface area (TPSA) is 41.6 Å². The fraction of sp³-hybridized carbons (Fsp3) is 0.250. The normalized spacial score (nSPS) is 11.8. The first kappa shape index (κ1) is 14.1. The Hall–Kier alpha value is -1.83. The second-order valence-electron chi connectivity index (χ2n) is 5.85. The van der Waals surface area contributed by atoms with E-state index in [-0.39, 0.29) is 5.54 Å². The molecule has 0 saturated carbocycles. The lowest BCUT2D eigenvalue weighted by Crippen LogP contribution is -2.22. The van der Waals surface area contributed by atoms with Crippen molar-refractivity contribution in [3.63, 3.8) is 0 Å². The van der Waals surface area contributed by atoms with Crippen LogP contribution in [0.2, 0.25) is 5.02 Å². The Kier molecular flexibility index (Phi) is 3.27. The third kappa shape index (κ3) is 2.33. The molecule has 106 valence electrons. The minimum atomic E-state index is -0.133. The number of hydrogen-bond acceptors (Lipinski definition) is 3. The molecule has 3 aromatic rings. The van der Waals surface area contributed by atoms with E-state index in [2.05, 4.69) is 31.4 Å². The fourth-order valence-corrected chi connectivity index (χ4v) is 3.55. The largest absolute Gasteiger partial charge is 0.318 e. The van der Waals surface area contributed by atoms with Crippen LogP contribution in [0.1, 0.15) is 26.3 Å². The molecule has 0 bridgehead atoms. The number of nitriles is 1. The Labute approximate surface area is 132 Å². The van der Waals surface area contributed by atoms with Crippen molar-refractivity contribution >= 4 is 34.0 Å². The molecule has 0 aliphatic carbocycles. The van der Waals surface area contributed by atoms with Crippen molar-refractivity contribution in [2.24, 2.45) is 0 Å². The van der Waals surface area contributed by atoms with Crippen LogP contribution in [-0.4, -0.2) is 9.55 Å². The molecule has 0 amide bonds. The number of hydrogen-bond donors (Lipinski definition) is 0. The Morgan fingerprint density at radius 3 is 2.62 bits per heavy atom. The number of fused-ring (bicyclic) bond motifs is 1. The van der Waals surface area contributed by atoms with E-state index < -0.39 is 0 Å². The molecule has 1 aromatic carbocycles. The summed E-state index contributed by atoms with van der Waals surface area (Å²) in [4.78, 5) is 5.69. The summed E-state index contributed by atoms with van der Waals surface area (Å²) in [6.45, 7) is 6.41. The van der Waals surface area contributed by atoms with Crippen LogP contribution in [0.4, 0.5) is 0 Å². The van der Waals surface area contributed by atoms with Crippen molar-refractivity contribution in [1.82, 2.24) is 9.55 Å². The van der Waals surface area contributed by atoms with E-state index in [1.807, 2.05) is 29.6 Å². The van der Waals surface area contributed by atoms with Crippen molar-refractivity contribution in [2.45, 2.75) is 26.3 Å². The van der Waals surface area contributed by atoms with Crippen LogP contribution in [0, 0.1) is 11.3 Å². The molecule has 0 aliphatic rings. The first-order chi connectivity index (χ1) is 9.91. The van der Waals surface area contributed by atoms with Gasteiger partial charge in [0.2, 0.25) is 0 Å². The summed E-state index contributed by atoms with van der Waals surface area (Å²) in [5, 5.41) is 11.7. The standard InChI is InChI=1S/C16H14ClN3S/c1-16(2,3)20-13-5-4-10(9-18)8-12(13)19-15(20)14-11(17)6-7-21-14/h4-8H,1-3H3. The van der Waals surface area contributed by atoms with Gasteiger partial charge in [0.1, 0.15) is 0 Å². The van der Waals surface area contributed by atoms with Crippen LogP contribution < -0.4 is 0 Å². The minimum absolute atomic E-state index is 0.133. The summed E-state index contributed by atoms with van der Waals surface area (Å²) in [6, 6.07) is 9.65. The molecule has 2 aromatic heterocycles. The number of aromatic nitrogens is 2. The van der Waals surface area contributed by atoms with Gasteiger partial charge in [0.15, 0.2) is 5.82 Å². The molecule has 2 heterocycles. The molecule has 0 aliphatic heterocycles. The van der Waals surface area contributed by atoms with Gasteiger partial charge < -0.3 is 4.57 Å². The molecular weight excluding hydrogens is 302 g/mol. The maximum absolute atomic E-state index is 9.06. The molecule has 0 unspecified atom stereocenters. The van der Waals surface area contributed by atoms with E-state index in [1.165, 1.54) is 0 Å². The first-order valence-electron chi connectivity index (χ1n) is 6.58. The molecule has 0 fully saturated rings. The zero-order valence-electron chi connectivity index (χ0n) is 12.0. The quantitative estimate of drug-likeness (QED) is 0.631. The third-order valence-corrected chi connectivity index (χ3v) is 4.61. The lowest BCUT2D eigenvalue weighted by molar-refractivity contribution is 0.413. The van der Waals surface area contributed by atoms with E-state index in [1.54, 1.807) is 11.3 Å². The number of thiophene rings is 1. The van der Waals surface area contributed by atoms with Crippen LogP contribution in [0.25, 0.3) is 21.7 Å². The highest BCUT2D eigenvalue weighted by Gasteiger charge is 2.24. The highest BCUT2D eigenvalue weighted by Crippen LogP contribution is 2.37. The zero-order chi connectivity index (χ0) is 15.2. The van der Waals surface area contributed by atoms with Crippen molar-refractivity contribution in [2.75, 3.05) is 0 Å². The molecule has 0 radical (unpaired) electrons. The molecule has 0 spiro atoms. The SMILES string of the molecule is CC(C)(C)n1c(-c2sccc2Cl)nc2cc(C#N)ccc21. The molecule has 0 atom stereocenters. The summed E-state index contributed by atoms with van der Waals surface area (Å²) < 4.78 is 2.18. The van der Waals surface area contributed by atoms with Gasteiger partial charge in [-0.15, -0.1) is 11.3 Å². The maximum Gasteiger partial charge on any atom is 0.153 e. The Morgan fingerprint density at radius 1 is 1.29 bits per heavy atom. The van der Waals surface area contributed by atoms with Crippen molar-refractivity contribution < 1.29 is 0 Å². The van der Waals surface area contributed by atoms with Gasteiger partial charge >= 0.3 is 0 Å². The van der Waals surface area contributed by atoms with Gasteiger partial charge in [0.25, 0.3) is 0 Å². The molecule has 0 saturated heterocycles. The zero-order valence-corrected chi connectivity index (χ0v) is 13.6. The van der Waals surface area contributed by atoms with Gasteiger partial charge in [-0.1, -0.05) is 11.6 Å². The lowest BCUT2D eigenvalue weighted by atomic mass is 10.1. The van der Waals surface area contributed by atoms with E-state index in [0.29, 0.717) is 10.6 Å². The number of rotatable bonds is 1. The highest BCUT2D eigenvalue weighted by atomic mass is 35.5. The number of imidazole rings is 1. The van der Waals surface area contributed by atoms with E-state index in [4.69, 9.17) is 21.8 Å². The number of halogens is 1. The second kappa shape index (κ2) is 4.87. The molecule has 0 N–H and O–H groups in total. The molecule has 3 nitrogen and oxygen atoms in total. The van der Waals surface area contributed by atoms with Gasteiger partial charge in [-0.05, 0) is 50.4 Å². The van der Waals surface area contributed by atoms with Crippen molar-refractivity contribution in [1.29, 1.82) is 5.26 Å². The predicted molar refractivity (Wildman–Crippen MR) is 87.8 cm³/mol. The van der Waals surface area contributed by atoms with Crippen LogP contribution in [0.15, 0.2) is 29.6 Å². The monoisotopic (exact) mass is 315 g/mol. The van der Waals surface area contributed by atoms with Gasteiger partial charge in [0.05, 0.1) is 32.6 Å². The maximum atomic E-state index is 9.06. The third-order valence-electron chi connectivity index (χ3n) is 3.27. The summed E-state index contributed by atoms with van der Waals surface area (Å²) in [6.07, 6.45) is 0. The van der Waals surface area contributed by atoms with E-state index >= 15 is 0 Å². The average Bonchev–Trinajstić information content (AvgIpc) is 2.99. The van der Waals surface area contributed by atoms with Crippen molar-refractivity contribution in [3.05, 3.63) is 40.2 Å². The van der Waals surface area contributed by atoms with Gasteiger partial charge in [-0.2, -0.15) is 5.26 Å². The summed E-state index contributed by atoms with van der Waals surface area (Å²) in [7, 11) is 0. The summed E-state index contributed by atoms with van der Waals surface area (Å²) >= 11 is 7.87. The lowest BCUT2D eigenvalue weighted by Gasteiger charge is -2.24. The summed E-state index contributed by atoms with van der Waals surface area (Å²) in [5.74, 6) is 0.854. The molecule has 3 rings (SSSR count). The van der Waals surface area contributed by atoms with Crippen molar-refractivity contribution in [3.8, 4) is 16.8 Å². The van der Waals surface area contributed by atoms with Gasteiger partial charge in [-0.3, -0.25) is 0 Å². The molecular formula is C16H14ClN3S. The number of benzene rings is 1. The average molecular weight is 316 g/mol. The van der Waals surface area contributed by atoms with Crippen LogP contribution in [0.3, 0.4) is 0 Å². The van der Waals surface area contributed by atoms with E-state index in [9.17, 15) is 0 Å². The van der Waals surface area contributed by atoms with Crippen LogP contribution in [-0.2, 0) is 5.54 Å². The fourth-order valence-electron chi connectivity index (χ4n) is 2.43. The van der Waals surface area contributed by atoms with E-state index in [0.717, 1.165) is 21.7 Å². The Morgan fingerprint density at radius 2 is 2.05 bits per heavy atom. The smallest absolute Gasteiger partial charge is 0.153 e. The second-order valence-corrected chi connectivity index (χ2v) is 7.18. The Bertz CT molecular complexity index is 862. The predicted octanol–water partition coefficient (Wildman–Crippen LogP) is 5.04. The molecule has 5 heteroatoms. The van der Waals surface area contributed by atoms with Gasteiger partial charge in [-0.25, -0.2) is 4.98 Å². The molecule has 21 heavy (non-hydrogen) atoms. The first-order valence-corrected chi connectivity index (χ1v) is 7.84. The Balaban J connectivity index is 2.39. The minimum Gasteiger partial charge on any atom is -0.318 e. The number of nitrogens with zero attached hydrogens (tertiary/aromatic N) is 3. The highest BCUT2D eigenvalue weighted by molar-refractivity contribution is 7.14. The van der Waals surface area contributed by atoms with Gasteiger partial charge in [0, 0.05) is 5.54 Å².